The number of likely N-dealkylation sites (N-methyl/N-ethyl adjacent to an activating group) is 1. The van der Waals surface area contributed by atoms with E-state index in [-0.39, 0.29) is 24.3 Å². The number of nitrogens with zero attached hydrogens (tertiary/aromatic N) is 1. The number of carbonyl (C=O) groups excluding carboxylic acids is 4. The van der Waals surface area contributed by atoms with Gasteiger partial charge in [-0.2, -0.15) is 0 Å². The molecule has 2 aromatic carbocycles. The third-order valence-electron chi connectivity index (χ3n) is 7.40. The molecule has 0 saturated heterocycles. The fourth-order valence-electron chi connectivity index (χ4n) is 5.11. The Hall–Kier alpha value is -3.92. The Labute approximate surface area is 254 Å². The Morgan fingerprint density at radius 1 is 1.00 bits per heavy atom. The van der Waals surface area contributed by atoms with E-state index in [2.05, 4.69) is 16.0 Å². The lowest BCUT2D eigenvalue weighted by atomic mass is 9.95. The molecule has 2 heterocycles. The second kappa shape index (κ2) is 15.5. The van der Waals surface area contributed by atoms with E-state index in [0.29, 0.717) is 24.2 Å². The molecule has 0 aromatic heterocycles. The molecule has 43 heavy (non-hydrogen) atoms. The number of amides is 3. The largest absolute Gasteiger partial charge is 0.487 e. The van der Waals surface area contributed by atoms with Crippen molar-refractivity contribution in [1.82, 2.24) is 20.9 Å². The molecule has 0 saturated carbocycles. The van der Waals surface area contributed by atoms with E-state index in [1.54, 1.807) is 24.3 Å². The third-order valence-corrected chi connectivity index (χ3v) is 7.40. The maximum Gasteiger partial charge on any atom is 0.303 e. The number of esters is 1. The van der Waals surface area contributed by atoms with Crippen LogP contribution in [0.15, 0.2) is 54.6 Å². The molecule has 0 radical (unpaired) electrons. The number of nitrogens with one attached hydrogen (secondary N) is 3. The molecular formula is C33H46N4O6. The lowest BCUT2D eigenvalue weighted by Gasteiger charge is -2.34. The lowest BCUT2D eigenvalue weighted by Crippen LogP contribution is -2.62. The van der Waals surface area contributed by atoms with E-state index < -0.39 is 48.1 Å². The van der Waals surface area contributed by atoms with Crippen LogP contribution in [0.4, 0.5) is 0 Å². The van der Waals surface area contributed by atoms with Crippen LogP contribution < -0.4 is 20.7 Å². The molecule has 10 heteroatoms. The van der Waals surface area contributed by atoms with E-state index in [9.17, 15) is 19.2 Å². The summed E-state index contributed by atoms with van der Waals surface area (Å²) < 4.78 is 11.9. The van der Waals surface area contributed by atoms with E-state index >= 15 is 0 Å². The first kappa shape index (κ1) is 33.6. The zero-order valence-corrected chi connectivity index (χ0v) is 26.3. The van der Waals surface area contributed by atoms with Gasteiger partial charge in [-0.1, -0.05) is 70.2 Å². The highest BCUT2D eigenvalue weighted by atomic mass is 16.5. The van der Waals surface area contributed by atoms with Crippen LogP contribution in [0.1, 0.15) is 58.3 Å². The van der Waals surface area contributed by atoms with Gasteiger partial charge in [0.1, 0.15) is 30.0 Å². The number of hydrogen-bond donors (Lipinski definition) is 3. The molecule has 2 aromatic rings. The average Bonchev–Trinajstić information content (AvgIpc) is 2.94. The van der Waals surface area contributed by atoms with E-state index in [4.69, 9.17) is 9.47 Å². The van der Waals surface area contributed by atoms with E-state index in [1.807, 2.05) is 77.0 Å². The van der Waals surface area contributed by atoms with Crippen LogP contribution in [0.2, 0.25) is 0 Å². The van der Waals surface area contributed by atoms with Gasteiger partial charge < -0.3 is 25.4 Å². The number of ether oxygens (including phenoxy) is 2. The minimum Gasteiger partial charge on any atom is -0.487 e. The Balaban J connectivity index is 2.01. The zero-order valence-electron chi connectivity index (χ0n) is 26.3. The summed E-state index contributed by atoms with van der Waals surface area (Å²) in [5.74, 6) is -1.35. The van der Waals surface area contributed by atoms with Crippen LogP contribution in [0.5, 0.6) is 5.75 Å². The fourth-order valence-corrected chi connectivity index (χ4v) is 5.11. The van der Waals surface area contributed by atoms with Gasteiger partial charge in [0.05, 0.1) is 12.6 Å². The number of benzene rings is 2. The summed E-state index contributed by atoms with van der Waals surface area (Å²) in [6.45, 7) is 9.08. The molecule has 0 aliphatic carbocycles. The number of hydrogen-bond acceptors (Lipinski definition) is 7. The summed E-state index contributed by atoms with van der Waals surface area (Å²) in [6.07, 6.45) is -0.658. The first-order chi connectivity index (χ1) is 20.3. The smallest absolute Gasteiger partial charge is 0.303 e. The van der Waals surface area contributed by atoms with Crippen molar-refractivity contribution in [2.45, 2.75) is 77.8 Å². The Bertz CT molecular complexity index is 1230. The fraction of sp³-hybridized carbons (Fsp3) is 0.515. The highest BCUT2D eigenvalue weighted by Gasteiger charge is 2.38. The zero-order chi connectivity index (χ0) is 31.7. The van der Waals surface area contributed by atoms with E-state index in [1.165, 1.54) is 6.92 Å². The summed E-state index contributed by atoms with van der Waals surface area (Å²) in [5.41, 5.74) is 1.68. The quantitative estimate of drug-likeness (QED) is 0.381. The minimum atomic E-state index is -1.09. The summed E-state index contributed by atoms with van der Waals surface area (Å²) in [4.78, 5) is 54.9. The maximum atomic E-state index is 14.0. The van der Waals surface area contributed by atoms with Gasteiger partial charge in [0, 0.05) is 6.92 Å². The number of rotatable bonds is 9. The average molecular weight is 595 g/mol. The molecule has 1 unspecified atom stereocenters. The first-order valence-corrected chi connectivity index (χ1v) is 14.9. The second-order valence-electron chi connectivity index (χ2n) is 12.1. The Morgan fingerprint density at radius 2 is 1.65 bits per heavy atom. The van der Waals surface area contributed by atoms with Crippen LogP contribution in [-0.4, -0.2) is 73.5 Å². The third kappa shape index (κ3) is 9.81. The van der Waals surface area contributed by atoms with Gasteiger partial charge >= 0.3 is 5.97 Å². The monoisotopic (exact) mass is 594 g/mol. The van der Waals surface area contributed by atoms with Gasteiger partial charge in [0.25, 0.3) is 0 Å². The highest BCUT2D eigenvalue weighted by Crippen LogP contribution is 2.24. The molecule has 10 nitrogen and oxygen atoms in total. The highest BCUT2D eigenvalue weighted by molar-refractivity contribution is 5.93. The van der Waals surface area contributed by atoms with E-state index in [0.717, 1.165) is 5.56 Å². The van der Waals surface area contributed by atoms with Crippen molar-refractivity contribution in [3.8, 4) is 5.75 Å². The summed E-state index contributed by atoms with van der Waals surface area (Å²) in [6, 6.07) is 14.1. The van der Waals surface area contributed by atoms with Crippen molar-refractivity contribution in [3.05, 3.63) is 65.7 Å². The van der Waals surface area contributed by atoms with Gasteiger partial charge in [-0.15, -0.1) is 0 Å². The summed E-state index contributed by atoms with van der Waals surface area (Å²) >= 11 is 0. The molecule has 3 amide bonds. The van der Waals surface area contributed by atoms with Crippen molar-refractivity contribution < 1.29 is 28.7 Å². The Kier molecular flexibility index (Phi) is 12.1. The maximum absolute atomic E-state index is 14.0. The lowest BCUT2D eigenvalue weighted by molar-refractivity contribution is -0.147. The van der Waals surface area contributed by atoms with Crippen molar-refractivity contribution in [3.63, 3.8) is 0 Å². The van der Waals surface area contributed by atoms with Crippen LogP contribution >= 0.6 is 0 Å². The van der Waals surface area contributed by atoms with Crippen molar-refractivity contribution >= 4 is 23.7 Å². The molecule has 5 atom stereocenters. The van der Waals surface area contributed by atoms with Crippen LogP contribution in [0, 0.1) is 11.8 Å². The van der Waals surface area contributed by atoms with Gasteiger partial charge in [-0.05, 0) is 62.0 Å². The SMILES string of the molecule is CC(=O)O[C@H]1CNC(=O)[C@H](CC(C)C)NC(=O)C(NC(=O)[C@H](Cc2ccccc2)N(C)C)[C@H](C(C)C)Oc2ccc1cc2. The number of fused-ring (bicyclic) bond motifs is 11. The van der Waals surface area contributed by atoms with Gasteiger partial charge in [0.2, 0.25) is 17.7 Å². The standard InChI is InChI=1S/C33H46N4O6/c1-20(2)17-26-31(39)34-19-28(42-22(5)38)24-13-15-25(16-14-24)43-30(21(3)4)29(33(41)35-26)36-32(40)27(37(6)7)18-23-11-9-8-10-12-23/h8-16,20-21,26-30H,17-19H2,1-7H3,(H,34,39)(H,35,41)(H,36,40)/t26-,27-,28-,29?,30-/m0/s1. The second-order valence-corrected chi connectivity index (χ2v) is 12.1. The normalized spacial score (nSPS) is 21.9. The van der Waals surface area contributed by atoms with Gasteiger partial charge in [-0.25, -0.2) is 0 Å². The molecule has 234 valence electrons. The Morgan fingerprint density at radius 3 is 2.21 bits per heavy atom. The van der Waals surface area contributed by atoms with Crippen LogP contribution in [0.25, 0.3) is 0 Å². The predicted octanol–water partition coefficient (Wildman–Crippen LogP) is 3.01. The molecule has 3 N–H and O–H groups in total. The molecule has 2 bridgehead atoms. The molecule has 0 fully saturated rings. The van der Waals surface area contributed by atoms with Gasteiger partial charge in [0.15, 0.2) is 0 Å². The predicted molar refractivity (Wildman–Crippen MR) is 164 cm³/mol. The summed E-state index contributed by atoms with van der Waals surface area (Å²) in [5, 5.41) is 8.72. The molecular weight excluding hydrogens is 548 g/mol. The van der Waals surface area contributed by atoms with Gasteiger partial charge in [-0.3, -0.25) is 24.1 Å². The molecule has 2 aliphatic rings. The minimum absolute atomic E-state index is 0.0296. The van der Waals surface area contributed by atoms with Crippen molar-refractivity contribution in [2.75, 3.05) is 20.6 Å². The summed E-state index contributed by atoms with van der Waals surface area (Å²) in [7, 11) is 3.65. The molecule has 4 rings (SSSR count). The van der Waals surface area contributed by atoms with Crippen molar-refractivity contribution in [2.24, 2.45) is 11.8 Å². The first-order valence-electron chi connectivity index (χ1n) is 14.9. The van der Waals surface area contributed by atoms with Crippen LogP contribution in [-0.2, 0) is 30.3 Å². The molecule has 2 aliphatic heterocycles. The number of carbonyl (C=O) groups is 4. The van der Waals surface area contributed by atoms with Crippen molar-refractivity contribution in [1.29, 1.82) is 0 Å². The molecule has 0 spiro atoms. The van der Waals surface area contributed by atoms with Crippen LogP contribution in [0.3, 0.4) is 0 Å². The topological polar surface area (TPSA) is 126 Å².